The fraction of sp³-hybridized carbons (Fsp3) is 0.357. The monoisotopic (exact) mass is 299 g/mol. The molecule has 2 aromatic rings. The molecule has 7 heteroatoms. The van der Waals surface area contributed by atoms with Crippen LogP contribution in [-0.2, 0) is 13.5 Å². The summed E-state index contributed by atoms with van der Waals surface area (Å²) in [6.07, 6.45) is -1.54. The van der Waals surface area contributed by atoms with Gasteiger partial charge in [0.15, 0.2) is 0 Å². The number of benzene rings is 1. The number of aryl methyl sites for hydroxylation is 2. The predicted molar refractivity (Wildman–Crippen MR) is 71.6 cm³/mol. The number of aromatic nitrogens is 2. The molecule has 1 aromatic carbocycles. The molecule has 0 amide bonds. The summed E-state index contributed by atoms with van der Waals surface area (Å²) in [6.45, 7) is 0. The van der Waals surface area contributed by atoms with E-state index >= 15 is 0 Å². The smallest absolute Gasteiger partial charge is 0.406 e. The molecule has 0 saturated carbocycles. The third-order valence-electron chi connectivity index (χ3n) is 3.18. The van der Waals surface area contributed by atoms with E-state index in [2.05, 4.69) is 9.84 Å². The van der Waals surface area contributed by atoms with Gasteiger partial charge in [0.25, 0.3) is 0 Å². The van der Waals surface area contributed by atoms with Crippen LogP contribution in [-0.4, -0.2) is 16.1 Å². The molecule has 4 nitrogen and oxygen atoms in total. The normalized spacial score (nSPS) is 13.2. The summed E-state index contributed by atoms with van der Waals surface area (Å²) in [5.74, 6) is -0.245. The SMILES string of the molecule is Cn1nccc1CCC(N)c1ccc(OC(F)(F)F)cc1. The molecule has 1 heterocycles. The molecule has 1 aromatic heterocycles. The Balaban J connectivity index is 1.93. The van der Waals surface area contributed by atoms with Crippen molar-refractivity contribution in [2.45, 2.75) is 25.2 Å². The molecule has 0 aliphatic carbocycles. The maximum absolute atomic E-state index is 12.1. The zero-order valence-corrected chi connectivity index (χ0v) is 11.5. The van der Waals surface area contributed by atoms with Gasteiger partial charge in [-0.15, -0.1) is 13.2 Å². The minimum absolute atomic E-state index is 0.245. The summed E-state index contributed by atoms with van der Waals surface area (Å²) in [5, 5.41) is 4.07. The fourth-order valence-electron chi connectivity index (χ4n) is 2.03. The molecular formula is C14H16F3N3O. The van der Waals surface area contributed by atoms with Gasteiger partial charge in [-0.25, -0.2) is 0 Å². The highest BCUT2D eigenvalue weighted by Crippen LogP contribution is 2.25. The van der Waals surface area contributed by atoms with Crippen molar-refractivity contribution in [2.75, 3.05) is 0 Å². The van der Waals surface area contributed by atoms with Gasteiger partial charge in [-0.2, -0.15) is 5.10 Å². The zero-order chi connectivity index (χ0) is 15.5. The van der Waals surface area contributed by atoms with Gasteiger partial charge in [0.1, 0.15) is 5.75 Å². The van der Waals surface area contributed by atoms with Crippen molar-refractivity contribution >= 4 is 0 Å². The van der Waals surface area contributed by atoms with E-state index < -0.39 is 6.36 Å². The minimum Gasteiger partial charge on any atom is -0.406 e. The van der Waals surface area contributed by atoms with Gasteiger partial charge in [0, 0.05) is 25.0 Å². The molecule has 0 spiro atoms. The minimum atomic E-state index is -4.68. The summed E-state index contributed by atoms with van der Waals surface area (Å²) in [5.41, 5.74) is 7.87. The first-order valence-electron chi connectivity index (χ1n) is 6.43. The van der Waals surface area contributed by atoms with Crippen LogP contribution >= 0.6 is 0 Å². The molecular weight excluding hydrogens is 283 g/mol. The molecule has 2 rings (SSSR count). The van der Waals surface area contributed by atoms with Crippen molar-refractivity contribution in [2.24, 2.45) is 12.8 Å². The highest BCUT2D eigenvalue weighted by atomic mass is 19.4. The number of hydrogen-bond donors (Lipinski definition) is 1. The van der Waals surface area contributed by atoms with Crippen LogP contribution in [0.25, 0.3) is 0 Å². The molecule has 0 fully saturated rings. The van der Waals surface area contributed by atoms with E-state index in [0.29, 0.717) is 6.42 Å². The second kappa shape index (κ2) is 6.17. The molecule has 0 aliphatic rings. The topological polar surface area (TPSA) is 53.1 Å². The van der Waals surface area contributed by atoms with Crippen molar-refractivity contribution in [3.63, 3.8) is 0 Å². The molecule has 0 radical (unpaired) electrons. The van der Waals surface area contributed by atoms with Crippen molar-refractivity contribution in [1.29, 1.82) is 0 Å². The van der Waals surface area contributed by atoms with E-state index in [1.807, 2.05) is 13.1 Å². The quantitative estimate of drug-likeness (QED) is 0.923. The van der Waals surface area contributed by atoms with E-state index in [-0.39, 0.29) is 11.8 Å². The van der Waals surface area contributed by atoms with Gasteiger partial charge in [0.2, 0.25) is 0 Å². The molecule has 1 atom stereocenters. The van der Waals surface area contributed by atoms with Crippen molar-refractivity contribution in [3.8, 4) is 5.75 Å². The van der Waals surface area contributed by atoms with Crippen molar-refractivity contribution in [1.82, 2.24) is 9.78 Å². The van der Waals surface area contributed by atoms with Gasteiger partial charge < -0.3 is 10.5 Å². The number of nitrogens with zero attached hydrogens (tertiary/aromatic N) is 2. The van der Waals surface area contributed by atoms with Crippen molar-refractivity contribution in [3.05, 3.63) is 47.8 Å². The number of ether oxygens (including phenoxy) is 1. The maximum atomic E-state index is 12.1. The Bertz CT molecular complexity index is 578. The molecule has 0 bridgehead atoms. The van der Waals surface area contributed by atoms with Gasteiger partial charge in [-0.3, -0.25) is 4.68 Å². The summed E-state index contributed by atoms with van der Waals surface area (Å²) in [6, 6.07) is 7.30. The lowest BCUT2D eigenvalue weighted by molar-refractivity contribution is -0.274. The Morgan fingerprint density at radius 2 is 1.90 bits per heavy atom. The Morgan fingerprint density at radius 3 is 2.43 bits per heavy atom. The summed E-state index contributed by atoms with van der Waals surface area (Å²) < 4.78 is 41.8. The van der Waals surface area contributed by atoms with Gasteiger partial charge in [0.05, 0.1) is 0 Å². The van der Waals surface area contributed by atoms with Crippen LogP contribution in [0, 0.1) is 0 Å². The molecule has 1 unspecified atom stereocenters. The van der Waals surface area contributed by atoms with E-state index in [0.717, 1.165) is 17.7 Å². The Hall–Kier alpha value is -2.02. The molecule has 2 N–H and O–H groups in total. The average molecular weight is 299 g/mol. The van der Waals surface area contributed by atoms with Gasteiger partial charge in [-0.1, -0.05) is 12.1 Å². The second-order valence-electron chi connectivity index (χ2n) is 4.71. The van der Waals surface area contributed by atoms with Crippen LogP contribution < -0.4 is 10.5 Å². The predicted octanol–water partition coefficient (Wildman–Crippen LogP) is 2.95. The zero-order valence-electron chi connectivity index (χ0n) is 11.5. The maximum Gasteiger partial charge on any atom is 0.573 e. The molecule has 0 aliphatic heterocycles. The van der Waals surface area contributed by atoms with Gasteiger partial charge in [-0.05, 0) is 36.6 Å². The van der Waals surface area contributed by atoms with E-state index in [1.54, 1.807) is 23.0 Å². The van der Waals surface area contributed by atoms with Crippen LogP contribution in [0.15, 0.2) is 36.5 Å². The largest absolute Gasteiger partial charge is 0.573 e. The number of alkyl halides is 3. The van der Waals surface area contributed by atoms with Gasteiger partial charge >= 0.3 is 6.36 Å². The lowest BCUT2D eigenvalue weighted by Gasteiger charge is -2.13. The average Bonchev–Trinajstić information content (AvgIpc) is 2.80. The molecule has 114 valence electrons. The first-order valence-corrected chi connectivity index (χ1v) is 6.43. The lowest BCUT2D eigenvalue weighted by atomic mass is 10.0. The summed E-state index contributed by atoms with van der Waals surface area (Å²) in [7, 11) is 1.85. The van der Waals surface area contributed by atoms with Crippen LogP contribution in [0.2, 0.25) is 0 Å². The standard InChI is InChI=1S/C14H16F3N3O/c1-20-11(8-9-19-20)4-7-13(18)10-2-5-12(6-3-10)21-14(15,16)17/h2-3,5-6,8-9,13H,4,7,18H2,1H3. The second-order valence-corrected chi connectivity index (χ2v) is 4.71. The van der Waals surface area contributed by atoms with E-state index in [1.165, 1.54) is 12.1 Å². The highest BCUT2D eigenvalue weighted by Gasteiger charge is 2.31. The van der Waals surface area contributed by atoms with Crippen LogP contribution in [0.1, 0.15) is 23.7 Å². The molecule has 0 saturated heterocycles. The molecule has 21 heavy (non-hydrogen) atoms. The first-order chi connectivity index (χ1) is 9.85. The van der Waals surface area contributed by atoms with Crippen LogP contribution in [0.5, 0.6) is 5.75 Å². The number of rotatable bonds is 5. The Labute approximate surface area is 120 Å². The third kappa shape index (κ3) is 4.49. The lowest BCUT2D eigenvalue weighted by Crippen LogP contribution is -2.17. The first kappa shape index (κ1) is 15.4. The summed E-state index contributed by atoms with van der Waals surface area (Å²) >= 11 is 0. The third-order valence-corrected chi connectivity index (χ3v) is 3.18. The van der Waals surface area contributed by atoms with E-state index in [4.69, 9.17) is 5.73 Å². The number of nitrogens with two attached hydrogens (primary N) is 1. The highest BCUT2D eigenvalue weighted by molar-refractivity contribution is 5.29. The van der Waals surface area contributed by atoms with Crippen LogP contribution in [0.4, 0.5) is 13.2 Å². The van der Waals surface area contributed by atoms with E-state index in [9.17, 15) is 13.2 Å². The Morgan fingerprint density at radius 1 is 1.24 bits per heavy atom. The van der Waals surface area contributed by atoms with Crippen LogP contribution in [0.3, 0.4) is 0 Å². The van der Waals surface area contributed by atoms with Crippen molar-refractivity contribution < 1.29 is 17.9 Å². The number of hydrogen-bond acceptors (Lipinski definition) is 3. The summed E-state index contributed by atoms with van der Waals surface area (Å²) in [4.78, 5) is 0. The Kier molecular flexibility index (Phi) is 4.52. The fourth-order valence-corrected chi connectivity index (χ4v) is 2.03. The number of halogens is 3.